The van der Waals surface area contributed by atoms with Gasteiger partial charge in [-0.25, -0.2) is 0 Å². The van der Waals surface area contributed by atoms with Crippen LogP contribution in [0, 0.1) is 5.92 Å². The molecule has 18 heavy (non-hydrogen) atoms. The van der Waals surface area contributed by atoms with Crippen LogP contribution >= 0.6 is 11.6 Å². The maximum absolute atomic E-state index is 6.15. The molecule has 1 aromatic rings. The molecule has 1 heterocycles. The molecule has 0 fully saturated rings. The van der Waals surface area contributed by atoms with E-state index in [1.165, 1.54) is 11.1 Å². The van der Waals surface area contributed by atoms with Crippen LogP contribution in [0.15, 0.2) is 18.2 Å². The van der Waals surface area contributed by atoms with E-state index in [9.17, 15) is 0 Å². The van der Waals surface area contributed by atoms with E-state index in [4.69, 9.17) is 11.6 Å². The van der Waals surface area contributed by atoms with Gasteiger partial charge in [-0.3, -0.25) is 0 Å². The molecule has 0 saturated carbocycles. The Morgan fingerprint density at radius 3 is 2.94 bits per heavy atom. The quantitative estimate of drug-likeness (QED) is 0.901. The lowest BCUT2D eigenvalue weighted by Crippen LogP contribution is -2.27. The van der Waals surface area contributed by atoms with Crippen molar-refractivity contribution in [3.05, 3.63) is 34.3 Å². The van der Waals surface area contributed by atoms with E-state index in [0.29, 0.717) is 12.0 Å². The molecule has 1 N–H and O–H groups in total. The van der Waals surface area contributed by atoms with Gasteiger partial charge in [0.2, 0.25) is 0 Å². The van der Waals surface area contributed by atoms with Crippen LogP contribution in [-0.2, 0) is 6.54 Å². The number of nitrogens with zero attached hydrogens (tertiary/aromatic N) is 1. The first-order valence-corrected chi connectivity index (χ1v) is 7.14. The lowest BCUT2D eigenvalue weighted by Gasteiger charge is -2.20. The molecule has 1 aromatic carbocycles. The molecule has 2 nitrogen and oxygen atoms in total. The normalized spacial score (nSPS) is 20.8. The summed E-state index contributed by atoms with van der Waals surface area (Å²) >= 11 is 6.15. The molecule has 2 rings (SSSR count). The lowest BCUT2D eigenvalue weighted by molar-refractivity contribution is 0.315. The van der Waals surface area contributed by atoms with Gasteiger partial charge in [-0.05, 0) is 55.7 Å². The fourth-order valence-electron chi connectivity index (χ4n) is 2.50. The van der Waals surface area contributed by atoms with Gasteiger partial charge >= 0.3 is 0 Å². The fraction of sp³-hybridized carbons (Fsp3) is 0.600. The van der Waals surface area contributed by atoms with E-state index in [-0.39, 0.29) is 0 Å². The van der Waals surface area contributed by atoms with Crippen LogP contribution in [0.25, 0.3) is 0 Å². The van der Waals surface area contributed by atoms with Crippen molar-refractivity contribution in [1.82, 2.24) is 10.2 Å². The van der Waals surface area contributed by atoms with E-state index in [1.54, 1.807) is 0 Å². The van der Waals surface area contributed by atoms with Gasteiger partial charge in [0.15, 0.2) is 0 Å². The summed E-state index contributed by atoms with van der Waals surface area (Å²) in [4.78, 5) is 2.38. The summed E-state index contributed by atoms with van der Waals surface area (Å²) in [5.74, 6) is 0.675. The van der Waals surface area contributed by atoms with E-state index in [0.717, 1.165) is 31.1 Å². The largest absolute Gasteiger partial charge is 0.310 e. The average molecular weight is 267 g/mol. The first-order valence-electron chi connectivity index (χ1n) is 6.76. The Bertz CT molecular complexity index is 403. The molecule has 0 spiro atoms. The second-order valence-corrected chi connectivity index (χ2v) is 6.16. The predicted octanol–water partition coefficient (Wildman–Crippen LogP) is 3.46. The van der Waals surface area contributed by atoms with Crippen molar-refractivity contribution in [2.75, 3.05) is 20.1 Å². The summed E-state index contributed by atoms with van der Waals surface area (Å²) in [6.07, 6.45) is 1.15. The zero-order valence-corrected chi connectivity index (χ0v) is 12.3. The third-order valence-electron chi connectivity index (χ3n) is 3.50. The van der Waals surface area contributed by atoms with Crippen LogP contribution in [0.3, 0.4) is 0 Å². The Balaban J connectivity index is 2.23. The molecule has 100 valence electrons. The maximum Gasteiger partial charge on any atom is 0.0409 e. The van der Waals surface area contributed by atoms with E-state index < -0.39 is 0 Å². The van der Waals surface area contributed by atoms with Crippen molar-refractivity contribution < 1.29 is 0 Å². The number of halogens is 1. The zero-order chi connectivity index (χ0) is 13.1. The standard InChI is InChI=1S/C15H23ClN2/c1-11(2)9-17-15-6-7-18(3)10-12-4-5-13(16)8-14(12)15/h4-5,8,11,15,17H,6-7,9-10H2,1-3H3/t15-/m1/s1. The highest BCUT2D eigenvalue weighted by Gasteiger charge is 2.20. The van der Waals surface area contributed by atoms with Gasteiger partial charge < -0.3 is 10.2 Å². The fourth-order valence-corrected chi connectivity index (χ4v) is 2.68. The summed E-state index contributed by atoms with van der Waals surface area (Å²) in [7, 11) is 2.18. The third-order valence-corrected chi connectivity index (χ3v) is 3.73. The monoisotopic (exact) mass is 266 g/mol. The topological polar surface area (TPSA) is 15.3 Å². The Morgan fingerprint density at radius 2 is 2.22 bits per heavy atom. The second kappa shape index (κ2) is 6.05. The molecule has 3 heteroatoms. The van der Waals surface area contributed by atoms with E-state index in [1.807, 2.05) is 6.07 Å². The highest BCUT2D eigenvalue weighted by Crippen LogP contribution is 2.28. The van der Waals surface area contributed by atoms with Gasteiger partial charge in [0, 0.05) is 17.6 Å². The second-order valence-electron chi connectivity index (χ2n) is 5.72. The van der Waals surface area contributed by atoms with Crippen molar-refractivity contribution in [2.45, 2.75) is 32.9 Å². The molecule has 1 aliphatic heterocycles. The van der Waals surface area contributed by atoms with Gasteiger partial charge in [-0.1, -0.05) is 31.5 Å². The predicted molar refractivity (Wildman–Crippen MR) is 78.0 cm³/mol. The SMILES string of the molecule is CC(C)CN[C@@H]1CCN(C)Cc2ccc(Cl)cc21. The molecular formula is C15H23ClN2. The number of fused-ring (bicyclic) bond motifs is 1. The number of hydrogen-bond donors (Lipinski definition) is 1. The van der Waals surface area contributed by atoms with E-state index >= 15 is 0 Å². The molecule has 0 aromatic heterocycles. The van der Waals surface area contributed by atoms with Gasteiger partial charge in [-0.15, -0.1) is 0 Å². The minimum Gasteiger partial charge on any atom is -0.310 e. The van der Waals surface area contributed by atoms with Crippen molar-refractivity contribution >= 4 is 11.6 Å². The van der Waals surface area contributed by atoms with Crippen molar-refractivity contribution in [1.29, 1.82) is 0 Å². The lowest BCUT2D eigenvalue weighted by atomic mass is 9.99. The molecule has 0 aliphatic carbocycles. The number of benzene rings is 1. The first kappa shape index (κ1) is 13.9. The maximum atomic E-state index is 6.15. The molecule has 0 radical (unpaired) electrons. The third kappa shape index (κ3) is 3.47. The van der Waals surface area contributed by atoms with Crippen LogP contribution < -0.4 is 5.32 Å². The van der Waals surface area contributed by atoms with Gasteiger partial charge in [0.25, 0.3) is 0 Å². The van der Waals surface area contributed by atoms with Crippen LogP contribution in [-0.4, -0.2) is 25.0 Å². The Kier molecular flexibility index (Phi) is 4.66. The highest BCUT2D eigenvalue weighted by molar-refractivity contribution is 6.30. The number of rotatable bonds is 3. The molecule has 0 bridgehead atoms. The highest BCUT2D eigenvalue weighted by atomic mass is 35.5. The summed E-state index contributed by atoms with van der Waals surface area (Å²) in [5, 5.41) is 4.52. The summed E-state index contributed by atoms with van der Waals surface area (Å²) in [6, 6.07) is 6.74. The number of nitrogens with one attached hydrogen (secondary N) is 1. The number of hydrogen-bond acceptors (Lipinski definition) is 2. The van der Waals surface area contributed by atoms with Crippen molar-refractivity contribution in [2.24, 2.45) is 5.92 Å². The Labute approximate surface area is 115 Å². The first-order chi connectivity index (χ1) is 8.56. The van der Waals surface area contributed by atoms with Gasteiger partial charge in [0.1, 0.15) is 0 Å². The molecule has 1 aliphatic rings. The van der Waals surface area contributed by atoms with Crippen LogP contribution in [0.5, 0.6) is 0 Å². The Hall–Kier alpha value is -0.570. The molecule has 0 unspecified atom stereocenters. The Morgan fingerprint density at radius 1 is 1.44 bits per heavy atom. The minimum atomic E-state index is 0.436. The molecular weight excluding hydrogens is 244 g/mol. The summed E-state index contributed by atoms with van der Waals surface area (Å²) < 4.78 is 0. The molecule has 0 saturated heterocycles. The van der Waals surface area contributed by atoms with Gasteiger partial charge in [0.05, 0.1) is 0 Å². The summed E-state index contributed by atoms with van der Waals surface area (Å²) in [6.45, 7) is 7.69. The van der Waals surface area contributed by atoms with Gasteiger partial charge in [-0.2, -0.15) is 0 Å². The summed E-state index contributed by atoms with van der Waals surface area (Å²) in [5.41, 5.74) is 2.79. The molecule has 0 amide bonds. The smallest absolute Gasteiger partial charge is 0.0409 e. The average Bonchev–Trinajstić information content (AvgIpc) is 2.45. The van der Waals surface area contributed by atoms with Crippen LogP contribution in [0.4, 0.5) is 0 Å². The van der Waals surface area contributed by atoms with Crippen LogP contribution in [0.1, 0.15) is 37.4 Å². The molecule has 1 atom stereocenters. The van der Waals surface area contributed by atoms with Crippen molar-refractivity contribution in [3.8, 4) is 0 Å². The van der Waals surface area contributed by atoms with Crippen LogP contribution in [0.2, 0.25) is 5.02 Å². The zero-order valence-electron chi connectivity index (χ0n) is 11.5. The van der Waals surface area contributed by atoms with E-state index in [2.05, 4.69) is 43.2 Å². The van der Waals surface area contributed by atoms with Crippen molar-refractivity contribution in [3.63, 3.8) is 0 Å². The minimum absolute atomic E-state index is 0.436.